The second kappa shape index (κ2) is 4.74. The van der Waals surface area contributed by atoms with Crippen LogP contribution >= 0.6 is 0 Å². The third kappa shape index (κ3) is 1.36. The minimum atomic E-state index is -0.904. The van der Waals surface area contributed by atoms with Gasteiger partial charge in [0, 0.05) is 11.3 Å². The number of carboxylic acid groups (broad SMARTS) is 1. The number of aliphatic carboxylic acids is 1. The second-order valence-corrected chi connectivity index (χ2v) is 10.1. The summed E-state index contributed by atoms with van der Waals surface area (Å²) in [5.41, 5.74) is 4.52. The average Bonchev–Trinajstić information content (AvgIpc) is 3.10. The van der Waals surface area contributed by atoms with Gasteiger partial charge in [0.05, 0.1) is 0 Å². The van der Waals surface area contributed by atoms with E-state index in [1.165, 1.54) is 11.1 Å². The van der Waals surface area contributed by atoms with E-state index in [0.29, 0.717) is 17.8 Å². The zero-order valence-corrected chi connectivity index (χ0v) is 16.2. The number of nitrogens with one attached hydrogen (secondary N) is 1. The number of ether oxygens (including phenoxy) is 1. The van der Waals surface area contributed by atoms with E-state index in [1.54, 1.807) is 0 Å². The highest BCUT2D eigenvalue weighted by Crippen LogP contribution is 3.06. The molecule has 5 nitrogen and oxygen atoms in total. The number of alkyl carbamates (subject to hydrolysis) is 1. The van der Waals surface area contributed by atoms with Gasteiger partial charge in [-0.2, -0.15) is 0 Å². The summed E-state index contributed by atoms with van der Waals surface area (Å²) in [5.74, 6) is 3.97. The van der Waals surface area contributed by atoms with E-state index in [0.717, 1.165) is 34.8 Å². The Kier molecular flexibility index (Phi) is 2.52. The quantitative estimate of drug-likeness (QED) is 0.809. The van der Waals surface area contributed by atoms with Crippen LogP contribution in [0, 0.1) is 46.8 Å². The summed E-state index contributed by atoms with van der Waals surface area (Å²) in [6, 6.07) is 15.6. The summed E-state index contributed by atoms with van der Waals surface area (Å²) in [5, 5.41) is 12.7. The lowest BCUT2D eigenvalue weighted by molar-refractivity contribution is -0.617. The van der Waals surface area contributed by atoms with Gasteiger partial charge in [0.1, 0.15) is 12.6 Å². The third-order valence-corrected chi connectivity index (χ3v) is 9.91. The van der Waals surface area contributed by atoms with Crippen LogP contribution in [0.3, 0.4) is 0 Å². The summed E-state index contributed by atoms with van der Waals surface area (Å²) in [6.45, 7) is 0.214. The smallest absolute Gasteiger partial charge is 0.407 e. The largest absolute Gasteiger partial charge is 0.480 e. The van der Waals surface area contributed by atoms with Crippen LogP contribution in [0.5, 0.6) is 0 Å². The van der Waals surface area contributed by atoms with Crippen molar-refractivity contribution in [1.82, 2.24) is 5.32 Å². The van der Waals surface area contributed by atoms with Gasteiger partial charge in [0.25, 0.3) is 0 Å². The van der Waals surface area contributed by atoms with Crippen LogP contribution < -0.4 is 5.32 Å². The first-order chi connectivity index (χ1) is 14.7. The number of carboxylic acids is 1. The molecule has 0 heterocycles. The molecule has 1 atom stereocenters. The maximum Gasteiger partial charge on any atom is 0.407 e. The topological polar surface area (TPSA) is 75.6 Å². The van der Waals surface area contributed by atoms with E-state index >= 15 is 0 Å². The number of hydrogen-bond donors (Lipinski definition) is 2. The van der Waals surface area contributed by atoms with Gasteiger partial charge in [-0.05, 0) is 63.7 Å². The lowest BCUT2D eigenvalue weighted by Crippen LogP contribution is -3.08. The molecule has 0 saturated heterocycles. The number of benzene rings is 2. The van der Waals surface area contributed by atoms with Crippen molar-refractivity contribution in [2.45, 2.75) is 12.0 Å². The van der Waals surface area contributed by atoms with E-state index < -0.39 is 18.1 Å². The van der Waals surface area contributed by atoms with Gasteiger partial charge < -0.3 is 15.2 Å². The third-order valence-electron chi connectivity index (χ3n) is 9.91. The molecule has 0 bridgehead atoms. The Morgan fingerprint density at radius 2 is 1.43 bits per heavy atom. The van der Waals surface area contributed by atoms with Crippen molar-refractivity contribution >= 4 is 12.1 Å². The predicted octanol–water partition coefficient (Wildman–Crippen LogP) is 3.35. The van der Waals surface area contributed by atoms with E-state index in [9.17, 15) is 14.7 Å². The van der Waals surface area contributed by atoms with Crippen LogP contribution in [0.1, 0.15) is 17.0 Å². The van der Waals surface area contributed by atoms with Crippen LogP contribution in [0.2, 0.25) is 0 Å². The summed E-state index contributed by atoms with van der Waals surface area (Å²) in [6.07, 6.45) is -0.599. The van der Waals surface area contributed by atoms with Gasteiger partial charge in [0.2, 0.25) is 0 Å². The number of carbonyl (C=O) groups excluding carboxylic acids is 1. The molecule has 5 heteroatoms. The molecule has 150 valence electrons. The molecule has 0 spiro atoms. The van der Waals surface area contributed by atoms with Gasteiger partial charge in [-0.15, -0.1) is 0 Å². The standard InChI is InChI=1S/C25H21NO4/c27-23(28)22(25-19-16-15-17(19)21(25)18(15)20(16)25)26-24(29)30-9-14-12-7-3-1-5-10(12)11-6-2-4-8-13(11)14/h1-8,14-22H,9H2,(H,26,29)(H,27,28)/t15?,16?,17?,18?,19?,20?,21?,22-,25?/m0/s1. The van der Waals surface area contributed by atoms with Gasteiger partial charge >= 0.3 is 12.1 Å². The highest BCUT2D eigenvalue weighted by Gasteiger charge is 3.05. The molecule has 2 aromatic rings. The van der Waals surface area contributed by atoms with E-state index in [4.69, 9.17) is 4.74 Å². The molecule has 6 fully saturated rings. The molecule has 6 saturated carbocycles. The monoisotopic (exact) mass is 399 g/mol. The summed E-state index contributed by atoms with van der Waals surface area (Å²) < 4.78 is 5.62. The number of fused-ring (bicyclic) bond motifs is 3. The summed E-state index contributed by atoms with van der Waals surface area (Å²) >= 11 is 0. The Morgan fingerprint density at radius 3 is 1.97 bits per heavy atom. The van der Waals surface area contributed by atoms with Crippen molar-refractivity contribution in [2.75, 3.05) is 6.61 Å². The van der Waals surface area contributed by atoms with Crippen molar-refractivity contribution in [3.63, 3.8) is 0 Å². The highest BCUT2D eigenvalue weighted by molar-refractivity contribution is 5.83. The van der Waals surface area contributed by atoms with Crippen molar-refractivity contribution < 1.29 is 19.4 Å². The Labute approximate surface area is 173 Å². The molecule has 2 N–H and O–H groups in total. The van der Waals surface area contributed by atoms with Crippen molar-refractivity contribution in [2.24, 2.45) is 46.8 Å². The first kappa shape index (κ1) is 15.9. The molecule has 0 unspecified atom stereocenters. The van der Waals surface area contributed by atoms with Crippen LogP contribution in [-0.2, 0) is 9.53 Å². The maximum atomic E-state index is 12.7. The molecule has 30 heavy (non-hydrogen) atoms. The minimum absolute atomic E-state index is 0.0187. The molecule has 0 radical (unpaired) electrons. The van der Waals surface area contributed by atoms with E-state index in [2.05, 4.69) is 29.6 Å². The zero-order chi connectivity index (χ0) is 19.9. The van der Waals surface area contributed by atoms with Gasteiger partial charge in [-0.1, -0.05) is 48.5 Å². The predicted molar refractivity (Wildman–Crippen MR) is 106 cm³/mol. The van der Waals surface area contributed by atoms with Gasteiger partial charge in [-0.25, -0.2) is 9.59 Å². The van der Waals surface area contributed by atoms with E-state index in [1.807, 2.05) is 24.3 Å². The SMILES string of the molecule is O=C(N[C@@H](C(=O)O)C12C3C4C5C3C1C5C42)OCC1c2ccccc2-c2ccccc21. The summed E-state index contributed by atoms with van der Waals surface area (Å²) in [4.78, 5) is 24.7. The number of rotatable bonds is 5. The van der Waals surface area contributed by atoms with Crippen LogP contribution in [0.4, 0.5) is 4.79 Å². The normalized spacial score (nSPS) is 42.1. The molecular weight excluding hydrogens is 378 g/mol. The van der Waals surface area contributed by atoms with Crippen LogP contribution in [0.25, 0.3) is 11.1 Å². The Hall–Kier alpha value is -2.82. The fraction of sp³-hybridized carbons (Fsp3) is 0.440. The maximum absolute atomic E-state index is 12.7. The highest BCUT2D eigenvalue weighted by atomic mass is 16.5. The first-order valence-electron chi connectivity index (χ1n) is 11.0. The first-order valence-corrected chi connectivity index (χ1v) is 11.0. The second-order valence-electron chi connectivity index (χ2n) is 10.1. The lowest BCUT2D eigenvalue weighted by Gasteiger charge is -3.08. The van der Waals surface area contributed by atoms with Crippen molar-refractivity contribution in [1.29, 1.82) is 0 Å². The van der Waals surface area contributed by atoms with Crippen LogP contribution in [-0.4, -0.2) is 29.8 Å². The molecule has 9 rings (SSSR count). The Balaban J connectivity index is 1.01. The molecule has 0 aliphatic heterocycles. The fourth-order valence-electron chi connectivity index (χ4n) is 9.26. The fourth-order valence-corrected chi connectivity index (χ4v) is 9.26. The van der Waals surface area contributed by atoms with Gasteiger partial charge in [-0.3, -0.25) is 0 Å². The molecule has 2 aromatic carbocycles. The molecular formula is C25H21NO4. The molecule has 1 amide bonds. The lowest BCUT2D eigenvalue weighted by atomic mass is 8.96. The minimum Gasteiger partial charge on any atom is -0.480 e. The van der Waals surface area contributed by atoms with Gasteiger partial charge in [0.15, 0.2) is 0 Å². The van der Waals surface area contributed by atoms with Crippen molar-refractivity contribution in [3.8, 4) is 11.1 Å². The molecule has 0 aromatic heterocycles. The number of carbonyl (C=O) groups is 2. The average molecular weight is 399 g/mol. The molecule has 7 aliphatic rings. The number of hydrogen-bond acceptors (Lipinski definition) is 3. The number of amides is 1. The Morgan fingerprint density at radius 1 is 0.900 bits per heavy atom. The molecule has 7 aliphatic carbocycles. The van der Waals surface area contributed by atoms with Crippen LogP contribution in [0.15, 0.2) is 48.5 Å². The Bertz CT molecular complexity index is 1070. The summed E-state index contributed by atoms with van der Waals surface area (Å²) in [7, 11) is 0. The van der Waals surface area contributed by atoms with E-state index in [-0.39, 0.29) is 17.9 Å². The van der Waals surface area contributed by atoms with Crippen molar-refractivity contribution in [3.05, 3.63) is 59.7 Å². The zero-order valence-electron chi connectivity index (χ0n) is 16.2.